The number of rotatable bonds is 10. The van der Waals surface area contributed by atoms with Crippen LogP contribution in [0.5, 0.6) is 11.5 Å². The summed E-state index contributed by atoms with van der Waals surface area (Å²) in [6, 6.07) is 12.3. The van der Waals surface area contributed by atoms with Crippen LogP contribution in [0, 0.1) is 17.0 Å². The molecule has 3 aliphatic heterocycles. The molecule has 1 spiro atoms. The van der Waals surface area contributed by atoms with Crippen LogP contribution in [0.1, 0.15) is 10.4 Å². The number of aromatic nitrogens is 2. The molecule has 7 rings (SSSR count). The van der Waals surface area contributed by atoms with Gasteiger partial charge in [-0.2, -0.15) is 0 Å². The molecule has 0 unspecified atom stereocenters. The van der Waals surface area contributed by atoms with Crippen molar-refractivity contribution in [3.8, 4) is 22.6 Å². The lowest BCUT2D eigenvalue weighted by molar-refractivity contribution is -0.132. The van der Waals surface area contributed by atoms with Crippen molar-refractivity contribution < 1.29 is 37.3 Å². The number of aliphatic imine (C=N–C) groups is 1. The number of amidine groups is 1. The zero-order chi connectivity index (χ0) is 34.9. The van der Waals surface area contributed by atoms with Crippen molar-refractivity contribution in [3.05, 3.63) is 72.1 Å². The number of halogens is 2. The largest absolute Gasteiger partial charge is 0.464 e. The Hall–Kier alpha value is -4.37. The third-order valence-corrected chi connectivity index (χ3v) is 10.7. The van der Waals surface area contributed by atoms with Gasteiger partial charge in [0.05, 0.1) is 43.8 Å². The summed E-state index contributed by atoms with van der Waals surface area (Å²) in [7, 11) is -1.31. The number of nitrogens with one attached hydrogen (secondary N) is 1. The molecular formula is C36H41F2N5O6Si. The van der Waals surface area contributed by atoms with Gasteiger partial charge in [-0.25, -0.2) is 18.8 Å². The average Bonchev–Trinajstić information content (AvgIpc) is 3.47. The summed E-state index contributed by atoms with van der Waals surface area (Å²) in [4.78, 5) is 23.9. The lowest BCUT2D eigenvalue weighted by Gasteiger charge is -2.41. The molecule has 0 aliphatic carbocycles. The van der Waals surface area contributed by atoms with E-state index in [1.54, 1.807) is 23.1 Å². The number of pyridine rings is 1. The van der Waals surface area contributed by atoms with Gasteiger partial charge in [-0.05, 0) is 29.8 Å². The zero-order valence-corrected chi connectivity index (χ0v) is 29.5. The molecule has 1 N–H and O–H groups in total. The molecule has 2 saturated heterocycles. The van der Waals surface area contributed by atoms with E-state index in [9.17, 15) is 4.79 Å². The SMILES string of the molecule is C[Si](C)(C)CCOCn1cc(-c2ccc(C(=O)N3CCOCC3)cc2)c2c(Oc3c(F)cc(NC4=NCC5(COC5)CO4)cc3F)ccnc21. The maximum Gasteiger partial charge on any atom is 0.289 e. The maximum absolute atomic E-state index is 15.6. The Morgan fingerprint density at radius 3 is 2.40 bits per heavy atom. The van der Waals surface area contributed by atoms with Crippen molar-refractivity contribution >= 4 is 36.7 Å². The van der Waals surface area contributed by atoms with Gasteiger partial charge in [0.1, 0.15) is 24.7 Å². The summed E-state index contributed by atoms with van der Waals surface area (Å²) in [5.41, 5.74) is 2.60. The molecule has 1 amide bonds. The second-order valence-corrected chi connectivity index (χ2v) is 19.9. The number of carbonyl (C=O) groups is 1. The highest BCUT2D eigenvalue weighted by molar-refractivity contribution is 6.76. The van der Waals surface area contributed by atoms with E-state index in [2.05, 4.69) is 34.9 Å². The van der Waals surface area contributed by atoms with Gasteiger partial charge in [-0.3, -0.25) is 4.79 Å². The van der Waals surface area contributed by atoms with Gasteiger partial charge < -0.3 is 38.5 Å². The van der Waals surface area contributed by atoms with Gasteiger partial charge in [0.2, 0.25) is 0 Å². The third kappa shape index (κ3) is 7.38. The maximum atomic E-state index is 15.6. The minimum Gasteiger partial charge on any atom is -0.464 e. The standard InChI is InChI=1S/C36H41F2N5O6Si/c1-50(2,3)15-14-46-23-43-18-27(24-4-6-25(7-5-24)34(44)42-10-12-45-13-11-42)31-30(8-9-39-33(31)43)49-32-28(37)16-26(17-29(32)38)41-35-40-19-36(22-48-35)20-47-21-36/h4-9,16-18H,10-15,19-23H2,1-3H3,(H,40,41). The first-order chi connectivity index (χ1) is 24.1. The summed E-state index contributed by atoms with van der Waals surface area (Å²) < 4.78 is 61.4. The number of amides is 1. The van der Waals surface area contributed by atoms with E-state index in [1.165, 1.54) is 6.20 Å². The molecule has 11 nitrogen and oxygen atoms in total. The molecule has 0 saturated carbocycles. The number of hydrogen-bond acceptors (Lipinski definition) is 9. The van der Waals surface area contributed by atoms with Crippen LogP contribution in [0.25, 0.3) is 22.2 Å². The minimum atomic E-state index is -1.31. The second-order valence-electron chi connectivity index (χ2n) is 14.2. The Bertz CT molecular complexity index is 1880. The van der Waals surface area contributed by atoms with Gasteiger partial charge in [-0.15, -0.1) is 0 Å². The monoisotopic (exact) mass is 705 g/mol. The van der Waals surface area contributed by atoms with Crippen LogP contribution in [0.3, 0.4) is 0 Å². The molecule has 2 fully saturated rings. The zero-order valence-electron chi connectivity index (χ0n) is 28.5. The average molecular weight is 706 g/mol. The Labute approximate surface area is 290 Å². The molecular weight excluding hydrogens is 665 g/mol. The van der Waals surface area contributed by atoms with E-state index in [0.29, 0.717) is 81.4 Å². The Morgan fingerprint density at radius 2 is 1.76 bits per heavy atom. The number of benzene rings is 2. The highest BCUT2D eigenvalue weighted by atomic mass is 28.3. The predicted molar refractivity (Wildman–Crippen MR) is 188 cm³/mol. The molecule has 2 aromatic heterocycles. The lowest BCUT2D eigenvalue weighted by Crippen LogP contribution is -2.51. The van der Waals surface area contributed by atoms with Crippen molar-refractivity contribution in [1.29, 1.82) is 0 Å². The van der Waals surface area contributed by atoms with E-state index < -0.39 is 25.5 Å². The molecule has 50 heavy (non-hydrogen) atoms. The van der Waals surface area contributed by atoms with Crippen LogP contribution in [-0.2, 0) is 25.7 Å². The normalized spacial score (nSPS) is 17.3. The van der Waals surface area contributed by atoms with Gasteiger partial charge in [0, 0.05) is 69.1 Å². The van der Waals surface area contributed by atoms with Crippen molar-refractivity contribution in [2.24, 2.45) is 10.4 Å². The lowest BCUT2D eigenvalue weighted by atomic mass is 9.87. The predicted octanol–water partition coefficient (Wildman–Crippen LogP) is 6.37. The van der Waals surface area contributed by atoms with Crippen LogP contribution >= 0.6 is 0 Å². The molecule has 0 radical (unpaired) electrons. The number of carbonyl (C=O) groups excluding carboxylic acids is 1. The summed E-state index contributed by atoms with van der Waals surface area (Å²) >= 11 is 0. The van der Waals surface area contributed by atoms with E-state index in [4.69, 9.17) is 23.7 Å². The number of morpholine rings is 1. The van der Waals surface area contributed by atoms with E-state index in [0.717, 1.165) is 23.7 Å². The first-order valence-corrected chi connectivity index (χ1v) is 20.5. The van der Waals surface area contributed by atoms with Gasteiger partial charge >= 0.3 is 0 Å². The molecule has 3 aliphatic rings. The highest BCUT2D eigenvalue weighted by Crippen LogP contribution is 2.40. The van der Waals surface area contributed by atoms with Gasteiger partial charge in [0.15, 0.2) is 17.4 Å². The van der Waals surface area contributed by atoms with Gasteiger partial charge in [0.25, 0.3) is 11.9 Å². The van der Waals surface area contributed by atoms with E-state index >= 15 is 8.78 Å². The fourth-order valence-electron chi connectivity index (χ4n) is 6.03. The van der Waals surface area contributed by atoms with Crippen molar-refractivity contribution in [3.63, 3.8) is 0 Å². The second kappa shape index (κ2) is 14.1. The minimum absolute atomic E-state index is 0.0633. The van der Waals surface area contributed by atoms with E-state index in [1.807, 2.05) is 22.9 Å². The highest BCUT2D eigenvalue weighted by Gasteiger charge is 2.42. The van der Waals surface area contributed by atoms with Crippen LogP contribution < -0.4 is 10.1 Å². The number of ether oxygens (including phenoxy) is 5. The fourth-order valence-corrected chi connectivity index (χ4v) is 6.78. The molecule has 14 heteroatoms. The van der Waals surface area contributed by atoms with Gasteiger partial charge in [-0.1, -0.05) is 31.8 Å². The Morgan fingerprint density at radius 1 is 1.02 bits per heavy atom. The summed E-state index contributed by atoms with van der Waals surface area (Å²) in [5, 5.41) is 3.41. The topological polar surface area (TPSA) is 109 Å². The van der Waals surface area contributed by atoms with Crippen LogP contribution in [-0.4, -0.2) is 93.7 Å². The smallest absolute Gasteiger partial charge is 0.289 e. The van der Waals surface area contributed by atoms with Crippen LogP contribution in [0.4, 0.5) is 14.5 Å². The molecule has 5 heterocycles. The quantitative estimate of drug-likeness (QED) is 0.150. The Kier molecular flexibility index (Phi) is 9.61. The van der Waals surface area contributed by atoms with Crippen molar-refractivity contribution in [2.45, 2.75) is 32.4 Å². The fraction of sp³-hybridized carbons (Fsp3) is 0.417. The number of nitrogens with zero attached hydrogens (tertiary/aromatic N) is 4. The Balaban J connectivity index is 1.17. The summed E-state index contributed by atoms with van der Waals surface area (Å²) in [6.07, 6.45) is 3.43. The number of hydrogen-bond donors (Lipinski definition) is 1. The molecule has 4 aromatic rings. The molecule has 264 valence electrons. The van der Waals surface area contributed by atoms with Crippen molar-refractivity contribution in [2.75, 3.05) is 64.6 Å². The molecule has 2 aromatic carbocycles. The molecule has 0 atom stereocenters. The first-order valence-electron chi connectivity index (χ1n) is 16.8. The van der Waals surface area contributed by atoms with Crippen molar-refractivity contribution in [1.82, 2.24) is 14.5 Å². The van der Waals surface area contributed by atoms with Crippen LogP contribution in [0.15, 0.2) is 59.9 Å². The number of fused-ring (bicyclic) bond motifs is 1. The van der Waals surface area contributed by atoms with Crippen LogP contribution in [0.2, 0.25) is 25.7 Å². The first kappa shape index (κ1) is 34.1. The number of anilines is 1. The summed E-state index contributed by atoms with van der Waals surface area (Å²) in [6.45, 7) is 11.9. The summed E-state index contributed by atoms with van der Waals surface area (Å²) in [5.74, 6) is -2.21. The van der Waals surface area contributed by atoms with E-state index in [-0.39, 0.29) is 35.5 Å². The third-order valence-electron chi connectivity index (χ3n) is 9.04. The molecule has 0 bridgehead atoms.